The molecule has 2 rings (SSSR count). The normalized spacial score (nSPS) is 11.4. The summed E-state index contributed by atoms with van der Waals surface area (Å²) in [7, 11) is 0. The Morgan fingerprint density at radius 1 is 0.806 bits per heavy atom. The first kappa shape index (κ1) is 24.1. The number of esters is 1. The summed E-state index contributed by atoms with van der Waals surface area (Å²) in [5, 5.41) is 2.93. The molecule has 0 heterocycles. The lowest BCUT2D eigenvalue weighted by Gasteiger charge is -2.20. The lowest BCUT2D eigenvalue weighted by Crippen LogP contribution is -2.30. The summed E-state index contributed by atoms with van der Waals surface area (Å²) in [6.45, 7) is 9.18. The largest absolute Gasteiger partial charge is 0.494 e. The Labute approximate surface area is 183 Å². The topological polar surface area (TPSA) is 83.1 Å². The van der Waals surface area contributed by atoms with Gasteiger partial charge in [-0.05, 0) is 63.6 Å². The van der Waals surface area contributed by atoms with Gasteiger partial charge in [0.25, 0.3) is 5.91 Å². The molecule has 0 aliphatic heterocycles. The molecule has 7 nitrogen and oxygen atoms in total. The Kier molecular flexibility index (Phi) is 9.68. The van der Waals surface area contributed by atoms with Crippen LogP contribution >= 0.6 is 0 Å². The van der Waals surface area contributed by atoms with E-state index in [2.05, 4.69) is 5.32 Å². The van der Waals surface area contributed by atoms with Crippen molar-refractivity contribution in [1.82, 2.24) is 5.32 Å². The third-order valence-electron chi connectivity index (χ3n) is 4.38. The third-order valence-corrected chi connectivity index (χ3v) is 4.38. The lowest BCUT2D eigenvalue weighted by molar-refractivity contribution is -0.143. The van der Waals surface area contributed by atoms with E-state index in [1.807, 2.05) is 45.0 Å². The van der Waals surface area contributed by atoms with Crippen molar-refractivity contribution in [2.75, 3.05) is 26.4 Å². The highest BCUT2D eigenvalue weighted by Crippen LogP contribution is 2.29. The van der Waals surface area contributed by atoms with Crippen LogP contribution in [0.1, 0.15) is 56.1 Å². The molecule has 168 valence electrons. The molecule has 0 bridgehead atoms. The monoisotopic (exact) mass is 429 g/mol. The van der Waals surface area contributed by atoms with Crippen LogP contribution in [-0.2, 0) is 9.53 Å². The Morgan fingerprint density at radius 2 is 1.45 bits per heavy atom. The van der Waals surface area contributed by atoms with E-state index in [-0.39, 0.29) is 24.9 Å². The summed E-state index contributed by atoms with van der Waals surface area (Å²) in [6.07, 6.45) is 0.0168. The first-order valence-corrected chi connectivity index (χ1v) is 10.6. The molecule has 0 aliphatic rings. The molecule has 0 saturated carbocycles. The molecule has 0 spiro atoms. The zero-order chi connectivity index (χ0) is 22.6. The van der Waals surface area contributed by atoms with Crippen LogP contribution in [0.5, 0.6) is 17.2 Å². The van der Waals surface area contributed by atoms with Crippen molar-refractivity contribution in [1.29, 1.82) is 0 Å². The van der Waals surface area contributed by atoms with E-state index in [0.29, 0.717) is 36.9 Å². The van der Waals surface area contributed by atoms with E-state index in [4.69, 9.17) is 18.9 Å². The molecule has 0 fully saturated rings. The van der Waals surface area contributed by atoms with Crippen LogP contribution in [0, 0.1) is 0 Å². The molecule has 1 amide bonds. The van der Waals surface area contributed by atoms with Gasteiger partial charge in [-0.2, -0.15) is 0 Å². The van der Waals surface area contributed by atoms with Gasteiger partial charge in [-0.3, -0.25) is 9.59 Å². The van der Waals surface area contributed by atoms with Gasteiger partial charge >= 0.3 is 5.97 Å². The third kappa shape index (κ3) is 7.20. The van der Waals surface area contributed by atoms with E-state index in [9.17, 15) is 9.59 Å². The van der Waals surface area contributed by atoms with Crippen molar-refractivity contribution in [3.8, 4) is 17.2 Å². The molecule has 31 heavy (non-hydrogen) atoms. The number of carbonyl (C=O) groups excluding carboxylic acids is 2. The second-order valence-electron chi connectivity index (χ2n) is 6.56. The summed E-state index contributed by atoms with van der Waals surface area (Å²) in [5.41, 5.74) is 1.19. The standard InChI is InChI=1S/C24H31NO6/c1-5-28-19-12-9-17(10-13-19)20(16-23(26)31-8-4)25-24(27)18-11-14-21(29-6-2)22(15-18)30-7-3/h9-15,20H,5-8,16H2,1-4H3,(H,25,27). The maximum atomic E-state index is 13.0. The SMILES string of the molecule is CCOC(=O)CC(NC(=O)c1ccc(OCC)c(OCC)c1)c1ccc(OCC)cc1. The predicted molar refractivity (Wildman–Crippen MR) is 118 cm³/mol. The van der Waals surface area contributed by atoms with Crippen molar-refractivity contribution < 1.29 is 28.5 Å². The quantitative estimate of drug-likeness (QED) is 0.506. The minimum Gasteiger partial charge on any atom is -0.494 e. The Morgan fingerprint density at radius 3 is 2.06 bits per heavy atom. The van der Waals surface area contributed by atoms with Crippen LogP contribution < -0.4 is 19.5 Å². The van der Waals surface area contributed by atoms with Gasteiger partial charge in [0.15, 0.2) is 11.5 Å². The Hall–Kier alpha value is -3.22. The molecule has 2 aromatic carbocycles. The number of hydrogen-bond acceptors (Lipinski definition) is 6. The van der Waals surface area contributed by atoms with Crippen LogP contribution in [-0.4, -0.2) is 38.3 Å². The first-order chi connectivity index (χ1) is 15.0. The fourth-order valence-corrected chi connectivity index (χ4v) is 3.04. The zero-order valence-corrected chi connectivity index (χ0v) is 18.6. The van der Waals surface area contributed by atoms with Crippen molar-refractivity contribution >= 4 is 11.9 Å². The molecule has 0 aliphatic carbocycles. The zero-order valence-electron chi connectivity index (χ0n) is 18.6. The maximum Gasteiger partial charge on any atom is 0.308 e. The molecule has 7 heteroatoms. The number of rotatable bonds is 12. The molecule has 1 N–H and O–H groups in total. The van der Waals surface area contributed by atoms with E-state index in [1.54, 1.807) is 25.1 Å². The Bertz CT molecular complexity index is 850. The van der Waals surface area contributed by atoms with Crippen molar-refractivity contribution in [3.63, 3.8) is 0 Å². The second kappa shape index (κ2) is 12.5. The van der Waals surface area contributed by atoms with Gasteiger partial charge in [0.1, 0.15) is 5.75 Å². The number of amides is 1. The highest BCUT2D eigenvalue weighted by Gasteiger charge is 2.21. The van der Waals surface area contributed by atoms with E-state index in [1.165, 1.54) is 0 Å². The van der Waals surface area contributed by atoms with Gasteiger partial charge in [0.2, 0.25) is 0 Å². The minimum atomic E-state index is -0.552. The lowest BCUT2D eigenvalue weighted by atomic mass is 10.0. The van der Waals surface area contributed by atoms with Gasteiger partial charge in [0, 0.05) is 5.56 Å². The number of carbonyl (C=O) groups is 2. The molecule has 0 saturated heterocycles. The smallest absolute Gasteiger partial charge is 0.308 e. The summed E-state index contributed by atoms with van der Waals surface area (Å²) < 4.78 is 21.7. The minimum absolute atomic E-state index is 0.0168. The first-order valence-electron chi connectivity index (χ1n) is 10.6. The summed E-state index contributed by atoms with van der Waals surface area (Å²) >= 11 is 0. The average Bonchev–Trinajstić information content (AvgIpc) is 2.76. The van der Waals surface area contributed by atoms with Gasteiger partial charge < -0.3 is 24.3 Å². The van der Waals surface area contributed by atoms with Crippen LogP contribution in [0.3, 0.4) is 0 Å². The predicted octanol–water partition coefficient (Wildman–Crippen LogP) is 4.31. The number of ether oxygens (including phenoxy) is 4. The molecule has 1 unspecified atom stereocenters. The van der Waals surface area contributed by atoms with E-state index >= 15 is 0 Å². The van der Waals surface area contributed by atoms with Gasteiger partial charge in [-0.1, -0.05) is 12.1 Å². The maximum absolute atomic E-state index is 13.0. The van der Waals surface area contributed by atoms with E-state index < -0.39 is 6.04 Å². The number of hydrogen-bond donors (Lipinski definition) is 1. The average molecular weight is 430 g/mol. The van der Waals surface area contributed by atoms with Crippen molar-refractivity contribution in [2.24, 2.45) is 0 Å². The summed E-state index contributed by atoms with van der Waals surface area (Å²) in [6, 6.07) is 11.8. The fourth-order valence-electron chi connectivity index (χ4n) is 3.04. The van der Waals surface area contributed by atoms with Gasteiger partial charge in [-0.25, -0.2) is 0 Å². The van der Waals surface area contributed by atoms with E-state index in [0.717, 1.165) is 11.3 Å². The molecule has 2 aromatic rings. The van der Waals surface area contributed by atoms with Crippen LogP contribution in [0.25, 0.3) is 0 Å². The molecule has 0 radical (unpaired) electrons. The molecular weight excluding hydrogens is 398 g/mol. The number of benzene rings is 2. The summed E-state index contributed by atoms with van der Waals surface area (Å²) in [5.74, 6) is 1.09. The van der Waals surface area contributed by atoms with Crippen LogP contribution in [0.4, 0.5) is 0 Å². The van der Waals surface area contributed by atoms with Crippen molar-refractivity contribution in [3.05, 3.63) is 53.6 Å². The van der Waals surface area contributed by atoms with Crippen molar-refractivity contribution in [2.45, 2.75) is 40.2 Å². The highest BCUT2D eigenvalue weighted by atomic mass is 16.5. The molecule has 0 aromatic heterocycles. The Balaban J connectivity index is 2.25. The second-order valence-corrected chi connectivity index (χ2v) is 6.56. The van der Waals surface area contributed by atoms with Gasteiger partial charge in [-0.15, -0.1) is 0 Å². The fraction of sp³-hybridized carbons (Fsp3) is 0.417. The molecular formula is C24H31NO6. The van der Waals surface area contributed by atoms with Crippen LogP contribution in [0.2, 0.25) is 0 Å². The number of nitrogens with one attached hydrogen (secondary N) is 1. The highest BCUT2D eigenvalue weighted by molar-refractivity contribution is 5.95. The summed E-state index contributed by atoms with van der Waals surface area (Å²) in [4.78, 5) is 25.1. The van der Waals surface area contributed by atoms with Crippen LogP contribution in [0.15, 0.2) is 42.5 Å². The van der Waals surface area contributed by atoms with Gasteiger partial charge in [0.05, 0.1) is 38.9 Å². The molecule has 1 atom stereocenters.